The van der Waals surface area contributed by atoms with Crippen molar-refractivity contribution >= 4 is 23.5 Å². The highest BCUT2D eigenvalue weighted by molar-refractivity contribution is 7.99. The van der Waals surface area contributed by atoms with Gasteiger partial charge in [0.1, 0.15) is 5.82 Å². The second kappa shape index (κ2) is 8.74. The molecule has 3 N–H and O–H groups in total. The number of nitrogens with two attached hydrogens (primary N) is 1. The van der Waals surface area contributed by atoms with Crippen LogP contribution in [0.3, 0.4) is 0 Å². The van der Waals surface area contributed by atoms with Crippen molar-refractivity contribution in [1.29, 1.82) is 0 Å². The number of thioether (sulfide) groups is 1. The molecule has 138 valence electrons. The van der Waals surface area contributed by atoms with Crippen LogP contribution in [0.1, 0.15) is 64.2 Å². The van der Waals surface area contributed by atoms with Crippen molar-refractivity contribution < 1.29 is 4.79 Å². The van der Waals surface area contributed by atoms with Crippen LogP contribution in [0, 0.1) is 0 Å². The van der Waals surface area contributed by atoms with E-state index in [1.807, 2.05) is 0 Å². The van der Waals surface area contributed by atoms with E-state index in [0.29, 0.717) is 23.0 Å². The fourth-order valence-corrected chi connectivity index (χ4v) is 4.90. The molecule has 25 heavy (non-hydrogen) atoms. The Balaban J connectivity index is 1.68. The van der Waals surface area contributed by atoms with Crippen LogP contribution in [0.15, 0.2) is 16.0 Å². The molecular formula is C18H28N4O2S. The zero-order valence-electron chi connectivity index (χ0n) is 14.7. The number of carbonyl (C=O) groups is 1. The third-order valence-electron chi connectivity index (χ3n) is 5.30. The lowest BCUT2D eigenvalue weighted by Gasteiger charge is -2.41. The van der Waals surface area contributed by atoms with Crippen molar-refractivity contribution in [2.45, 2.75) is 81.4 Å². The molecule has 0 aromatic carbocycles. The van der Waals surface area contributed by atoms with Crippen LogP contribution in [-0.4, -0.2) is 38.6 Å². The van der Waals surface area contributed by atoms with Gasteiger partial charge in [-0.05, 0) is 25.7 Å². The average Bonchev–Trinajstić information content (AvgIpc) is 2.61. The van der Waals surface area contributed by atoms with Gasteiger partial charge in [-0.3, -0.25) is 9.59 Å². The summed E-state index contributed by atoms with van der Waals surface area (Å²) < 4.78 is 0. The quantitative estimate of drug-likeness (QED) is 0.619. The van der Waals surface area contributed by atoms with E-state index in [1.165, 1.54) is 56.4 Å². The van der Waals surface area contributed by atoms with Gasteiger partial charge in [0.2, 0.25) is 5.91 Å². The number of hydrogen-bond donors (Lipinski definition) is 2. The van der Waals surface area contributed by atoms with Gasteiger partial charge in [0.25, 0.3) is 5.56 Å². The second-order valence-electron chi connectivity index (χ2n) is 7.15. The van der Waals surface area contributed by atoms with E-state index in [4.69, 9.17) is 5.73 Å². The monoisotopic (exact) mass is 364 g/mol. The molecule has 2 aliphatic rings. The fraction of sp³-hybridized carbons (Fsp3) is 0.722. The molecule has 1 aromatic rings. The molecule has 1 amide bonds. The van der Waals surface area contributed by atoms with E-state index < -0.39 is 0 Å². The number of aromatic amines is 1. The van der Waals surface area contributed by atoms with Crippen molar-refractivity contribution in [3.05, 3.63) is 16.4 Å². The van der Waals surface area contributed by atoms with Gasteiger partial charge in [0.15, 0.2) is 5.16 Å². The highest BCUT2D eigenvalue weighted by atomic mass is 32.2. The lowest BCUT2D eigenvalue weighted by Crippen LogP contribution is -2.49. The summed E-state index contributed by atoms with van der Waals surface area (Å²) in [6.07, 6.45) is 12.0. The van der Waals surface area contributed by atoms with E-state index in [9.17, 15) is 9.59 Å². The first-order valence-corrected chi connectivity index (χ1v) is 10.4. The third kappa shape index (κ3) is 5.00. The van der Waals surface area contributed by atoms with Crippen LogP contribution >= 0.6 is 11.8 Å². The predicted molar refractivity (Wildman–Crippen MR) is 101 cm³/mol. The number of nitrogens with one attached hydrogen (secondary N) is 1. The molecule has 0 bridgehead atoms. The third-order valence-corrected chi connectivity index (χ3v) is 6.15. The van der Waals surface area contributed by atoms with Crippen molar-refractivity contribution in [2.75, 3.05) is 11.5 Å². The summed E-state index contributed by atoms with van der Waals surface area (Å²) in [7, 11) is 0. The smallest absolute Gasteiger partial charge is 0.253 e. The maximum atomic E-state index is 13.0. The molecule has 6 nitrogen and oxygen atoms in total. The van der Waals surface area contributed by atoms with Crippen LogP contribution in [0.4, 0.5) is 5.82 Å². The Morgan fingerprint density at radius 2 is 1.68 bits per heavy atom. The summed E-state index contributed by atoms with van der Waals surface area (Å²) in [6, 6.07) is 2.03. The second-order valence-corrected chi connectivity index (χ2v) is 8.11. The Hall–Kier alpha value is -1.50. The Bertz CT molecular complexity index is 618. The predicted octanol–water partition coefficient (Wildman–Crippen LogP) is 2.94. The maximum absolute atomic E-state index is 13.0. The topological polar surface area (TPSA) is 92.1 Å². The van der Waals surface area contributed by atoms with Gasteiger partial charge in [-0.1, -0.05) is 50.3 Å². The van der Waals surface area contributed by atoms with Crippen LogP contribution in [-0.2, 0) is 4.79 Å². The molecule has 0 aliphatic heterocycles. The molecule has 7 heteroatoms. The van der Waals surface area contributed by atoms with E-state index in [2.05, 4.69) is 14.9 Å². The molecule has 1 heterocycles. The van der Waals surface area contributed by atoms with E-state index >= 15 is 0 Å². The van der Waals surface area contributed by atoms with Crippen LogP contribution in [0.2, 0.25) is 0 Å². The minimum absolute atomic E-state index is 0.175. The summed E-state index contributed by atoms with van der Waals surface area (Å²) in [6.45, 7) is 0. The molecule has 0 atom stereocenters. The number of aromatic nitrogens is 2. The van der Waals surface area contributed by atoms with Gasteiger partial charge in [0.05, 0.1) is 5.75 Å². The molecule has 2 aliphatic carbocycles. The maximum Gasteiger partial charge on any atom is 0.253 e. The van der Waals surface area contributed by atoms with Gasteiger partial charge < -0.3 is 15.6 Å². The Kier molecular flexibility index (Phi) is 6.39. The zero-order chi connectivity index (χ0) is 17.6. The number of rotatable bonds is 5. The van der Waals surface area contributed by atoms with Gasteiger partial charge in [-0.2, -0.15) is 0 Å². The SMILES string of the molecule is Nc1cc(=O)[nH]c(SCC(=O)N(C2CCCCC2)C2CCCCC2)n1. The summed E-state index contributed by atoms with van der Waals surface area (Å²) in [5, 5.41) is 0.422. The van der Waals surface area contributed by atoms with Crippen molar-refractivity contribution in [1.82, 2.24) is 14.9 Å². The number of nitrogens with zero attached hydrogens (tertiary/aromatic N) is 2. The average molecular weight is 365 g/mol. The van der Waals surface area contributed by atoms with Gasteiger partial charge in [0, 0.05) is 18.2 Å². The highest BCUT2D eigenvalue weighted by Gasteiger charge is 2.32. The Morgan fingerprint density at radius 1 is 1.12 bits per heavy atom. The van der Waals surface area contributed by atoms with Gasteiger partial charge in [-0.15, -0.1) is 0 Å². The first-order valence-electron chi connectivity index (χ1n) is 9.44. The Morgan fingerprint density at radius 3 is 2.20 bits per heavy atom. The largest absolute Gasteiger partial charge is 0.383 e. The molecule has 2 fully saturated rings. The summed E-state index contributed by atoms with van der Waals surface area (Å²) in [4.78, 5) is 33.5. The number of carbonyl (C=O) groups excluding carboxylic acids is 1. The molecule has 0 unspecified atom stereocenters. The van der Waals surface area contributed by atoms with Crippen LogP contribution < -0.4 is 11.3 Å². The van der Waals surface area contributed by atoms with E-state index in [-0.39, 0.29) is 17.3 Å². The summed E-state index contributed by atoms with van der Waals surface area (Å²) in [5.41, 5.74) is 5.34. The van der Waals surface area contributed by atoms with Crippen molar-refractivity contribution in [3.8, 4) is 0 Å². The van der Waals surface area contributed by atoms with E-state index in [1.54, 1.807) is 0 Å². The molecule has 0 radical (unpaired) electrons. The number of anilines is 1. The molecule has 1 aromatic heterocycles. The van der Waals surface area contributed by atoms with Gasteiger partial charge in [-0.25, -0.2) is 4.98 Å². The number of hydrogen-bond acceptors (Lipinski definition) is 5. The first kappa shape index (κ1) is 18.3. The van der Waals surface area contributed by atoms with Crippen LogP contribution in [0.25, 0.3) is 0 Å². The van der Waals surface area contributed by atoms with E-state index in [0.717, 1.165) is 25.7 Å². The fourth-order valence-electron chi connectivity index (χ4n) is 4.15. The molecule has 3 rings (SSSR count). The molecular weight excluding hydrogens is 336 g/mol. The lowest BCUT2D eigenvalue weighted by molar-refractivity contribution is -0.135. The van der Waals surface area contributed by atoms with Gasteiger partial charge >= 0.3 is 0 Å². The first-order chi connectivity index (χ1) is 12.1. The molecule has 2 saturated carbocycles. The zero-order valence-corrected chi connectivity index (χ0v) is 15.5. The van der Waals surface area contributed by atoms with Crippen molar-refractivity contribution in [2.24, 2.45) is 0 Å². The molecule has 0 saturated heterocycles. The number of amides is 1. The van der Waals surface area contributed by atoms with Crippen molar-refractivity contribution in [3.63, 3.8) is 0 Å². The summed E-state index contributed by atoms with van der Waals surface area (Å²) in [5.74, 6) is 0.670. The molecule has 0 spiro atoms. The standard InChI is InChI=1S/C18H28N4O2S/c19-15-11-16(23)21-18(20-15)25-12-17(24)22(13-7-3-1-4-8-13)14-9-5-2-6-10-14/h11,13-14H,1-10,12H2,(H3,19,20,21,23). The minimum atomic E-state index is -0.279. The van der Waals surface area contributed by atoms with Crippen LogP contribution in [0.5, 0.6) is 0 Å². The Labute approximate surface area is 153 Å². The summed E-state index contributed by atoms with van der Waals surface area (Å²) >= 11 is 1.28. The number of H-pyrrole nitrogens is 1. The highest BCUT2D eigenvalue weighted by Crippen LogP contribution is 2.31. The lowest BCUT2D eigenvalue weighted by atomic mass is 9.88. The normalized spacial score (nSPS) is 19.7. The minimum Gasteiger partial charge on any atom is -0.383 e. The number of nitrogen functional groups attached to an aromatic ring is 1.